The zero-order valence-electron chi connectivity index (χ0n) is 12.7. The monoisotopic (exact) mass is 277 g/mol. The van der Waals surface area contributed by atoms with Gasteiger partial charge in [-0.1, -0.05) is 6.92 Å². The molecule has 1 unspecified atom stereocenters. The summed E-state index contributed by atoms with van der Waals surface area (Å²) >= 11 is 0. The molecule has 0 aliphatic carbocycles. The maximum absolute atomic E-state index is 5.90. The molecule has 4 heteroatoms. The standard InChI is InChI=1S/C16H27N3O/c1-3-20-16-9-14(17)8-15(10-16)18-11-13(2)12-19-6-4-5-7-19/h8-10,13,18H,3-7,11-12,17H2,1-2H3. The molecule has 1 aromatic rings. The van der Waals surface area contributed by atoms with Gasteiger partial charge in [0.25, 0.3) is 0 Å². The molecule has 0 radical (unpaired) electrons. The predicted octanol–water partition coefficient (Wildman–Crippen LogP) is 2.81. The Morgan fingerprint density at radius 2 is 2.05 bits per heavy atom. The van der Waals surface area contributed by atoms with Crippen molar-refractivity contribution in [3.8, 4) is 5.75 Å². The van der Waals surface area contributed by atoms with E-state index in [0.29, 0.717) is 12.5 Å². The number of nitrogens with two attached hydrogens (primary N) is 1. The van der Waals surface area contributed by atoms with Crippen LogP contribution in [0.4, 0.5) is 11.4 Å². The molecule has 4 nitrogen and oxygen atoms in total. The fourth-order valence-electron chi connectivity index (χ4n) is 2.74. The minimum Gasteiger partial charge on any atom is -0.494 e. The Morgan fingerprint density at radius 1 is 1.30 bits per heavy atom. The number of nitrogen functional groups attached to an aromatic ring is 1. The lowest BCUT2D eigenvalue weighted by Crippen LogP contribution is -2.28. The molecular formula is C16H27N3O. The Kier molecular flexibility index (Phi) is 5.53. The molecule has 1 saturated heterocycles. The van der Waals surface area contributed by atoms with E-state index in [-0.39, 0.29) is 0 Å². The van der Waals surface area contributed by atoms with E-state index in [1.54, 1.807) is 0 Å². The van der Waals surface area contributed by atoms with Crippen molar-refractivity contribution in [2.45, 2.75) is 26.7 Å². The number of benzene rings is 1. The van der Waals surface area contributed by atoms with Gasteiger partial charge < -0.3 is 20.7 Å². The highest BCUT2D eigenvalue weighted by molar-refractivity contribution is 5.59. The fourth-order valence-corrected chi connectivity index (χ4v) is 2.74. The number of hydrogen-bond donors (Lipinski definition) is 2. The van der Waals surface area contributed by atoms with Crippen molar-refractivity contribution in [2.24, 2.45) is 5.92 Å². The van der Waals surface area contributed by atoms with Gasteiger partial charge in [-0.05, 0) is 44.8 Å². The van der Waals surface area contributed by atoms with Crippen molar-refractivity contribution < 1.29 is 4.74 Å². The van der Waals surface area contributed by atoms with Crippen LogP contribution in [0.5, 0.6) is 5.75 Å². The fraction of sp³-hybridized carbons (Fsp3) is 0.625. The predicted molar refractivity (Wildman–Crippen MR) is 85.4 cm³/mol. The number of ether oxygens (including phenoxy) is 1. The molecule has 0 bridgehead atoms. The van der Waals surface area contributed by atoms with Crippen LogP contribution in [0.2, 0.25) is 0 Å². The molecule has 20 heavy (non-hydrogen) atoms. The summed E-state index contributed by atoms with van der Waals surface area (Å²) in [4.78, 5) is 2.55. The summed E-state index contributed by atoms with van der Waals surface area (Å²) in [5, 5.41) is 3.47. The van der Waals surface area contributed by atoms with Gasteiger partial charge in [0, 0.05) is 36.6 Å². The smallest absolute Gasteiger partial charge is 0.123 e. The first-order chi connectivity index (χ1) is 9.67. The lowest BCUT2D eigenvalue weighted by atomic mass is 10.1. The van der Waals surface area contributed by atoms with Gasteiger partial charge in [0.1, 0.15) is 5.75 Å². The molecule has 0 spiro atoms. The van der Waals surface area contributed by atoms with Crippen molar-refractivity contribution in [1.82, 2.24) is 4.90 Å². The molecule has 1 aliphatic rings. The number of likely N-dealkylation sites (tertiary alicyclic amines) is 1. The molecule has 1 aromatic carbocycles. The van der Waals surface area contributed by atoms with E-state index in [4.69, 9.17) is 10.5 Å². The third-order valence-electron chi connectivity index (χ3n) is 3.66. The second-order valence-electron chi connectivity index (χ2n) is 5.72. The van der Waals surface area contributed by atoms with Crippen molar-refractivity contribution >= 4 is 11.4 Å². The largest absolute Gasteiger partial charge is 0.494 e. The molecule has 3 N–H and O–H groups in total. The molecule has 1 heterocycles. The van der Waals surface area contributed by atoms with Crippen LogP contribution in [0.1, 0.15) is 26.7 Å². The van der Waals surface area contributed by atoms with Crippen molar-refractivity contribution in [2.75, 3.05) is 43.8 Å². The van der Waals surface area contributed by atoms with Gasteiger partial charge in [-0.15, -0.1) is 0 Å². The van der Waals surface area contributed by atoms with Crippen LogP contribution >= 0.6 is 0 Å². The second-order valence-corrected chi connectivity index (χ2v) is 5.72. The van der Waals surface area contributed by atoms with Crippen molar-refractivity contribution in [3.63, 3.8) is 0 Å². The number of nitrogens with zero attached hydrogens (tertiary/aromatic N) is 1. The summed E-state index contributed by atoms with van der Waals surface area (Å²) in [5.41, 5.74) is 7.68. The van der Waals surface area contributed by atoms with Crippen molar-refractivity contribution in [1.29, 1.82) is 0 Å². The summed E-state index contributed by atoms with van der Waals surface area (Å²) in [7, 11) is 0. The maximum Gasteiger partial charge on any atom is 0.123 e. The minimum absolute atomic E-state index is 0.630. The Labute approximate surface area is 122 Å². The molecular weight excluding hydrogens is 250 g/mol. The van der Waals surface area contributed by atoms with Crippen LogP contribution in [0.25, 0.3) is 0 Å². The highest BCUT2D eigenvalue weighted by Crippen LogP contribution is 2.23. The lowest BCUT2D eigenvalue weighted by Gasteiger charge is -2.21. The number of rotatable bonds is 7. The van der Waals surface area contributed by atoms with E-state index in [2.05, 4.69) is 17.1 Å². The van der Waals surface area contributed by atoms with Crippen LogP contribution in [-0.2, 0) is 0 Å². The Balaban J connectivity index is 1.82. The molecule has 0 aromatic heterocycles. The molecule has 0 amide bonds. The van der Waals surface area contributed by atoms with Gasteiger partial charge in [-0.25, -0.2) is 0 Å². The highest BCUT2D eigenvalue weighted by atomic mass is 16.5. The van der Waals surface area contributed by atoms with Gasteiger partial charge in [0.2, 0.25) is 0 Å². The van der Waals surface area contributed by atoms with Crippen LogP contribution in [-0.4, -0.2) is 37.7 Å². The van der Waals surface area contributed by atoms with Gasteiger partial charge in [0.05, 0.1) is 6.61 Å². The summed E-state index contributed by atoms with van der Waals surface area (Å²) in [5.74, 6) is 1.47. The number of nitrogens with one attached hydrogen (secondary N) is 1. The third kappa shape index (κ3) is 4.60. The van der Waals surface area contributed by atoms with E-state index >= 15 is 0 Å². The molecule has 1 fully saturated rings. The molecule has 112 valence electrons. The minimum atomic E-state index is 0.630. The molecule has 0 saturated carbocycles. The van der Waals surface area contributed by atoms with E-state index in [1.165, 1.54) is 32.5 Å². The average molecular weight is 277 g/mol. The SMILES string of the molecule is CCOc1cc(N)cc(NCC(C)CN2CCCC2)c1. The molecule has 1 atom stereocenters. The lowest BCUT2D eigenvalue weighted by molar-refractivity contribution is 0.294. The van der Waals surface area contributed by atoms with Gasteiger partial charge >= 0.3 is 0 Å². The van der Waals surface area contributed by atoms with Gasteiger partial charge in [-0.2, -0.15) is 0 Å². The van der Waals surface area contributed by atoms with Crippen LogP contribution in [0, 0.1) is 5.92 Å². The first kappa shape index (κ1) is 15.0. The Bertz CT molecular complexity index is 416. The molecule has 2 rings (SSSR count). The second kappa shape index (κ2) is 7.39. The van der Waals surface area contributed by atoms with Gasteiger partial charge in [0.15, 0.2) is 0 Å². The number of hydrogen-bond acceptors (Lipinski definition) is 4. The van der Waals surface area contributed by atoms with E-state index < -0.39 is 0 Å². The Morgan fingerprint density at radius 3 is 2.75 bits per heavy atom. The molecule has 1 aliphatic heterocycles. The van der Waals surface area contributed by atoms with Crippen LogP contribution in [0.3, 0.4) is 0 Å². The van der Waals surface area contributed by atoms with Crippen LogP contribution < -0.4 is 15.8 Å². The average Bonchev–Trinajstić information content (AvgIpc) is 2.89. The maximum atomic E-state index is 5.90. The highest BCUT2D eigenvalue weighted by Gasteiger charge is 2.14. The van der Waals surface area contributed by atoms with E-state index in [1.807, 2.05) is 25.1 Å². The Hall–Kier alpha value is -1.42. The first-order valence-electron chi connectivity index (χ1n) is 7.67. The first-order valence-corrected chi connectivity index (χ1v) is 7.67. The summed E-state index contributed by atoms with van der Waals surface area (Å²) in [6.07, 6.45) is 2.71. The van der Waals surface area contributed by atoms with Crippen LogP contribution in [0.15, 0.2) is 18.2 Å². The van der Waals surface area contributed by atoms with Gasteiger partial charge in [-0.3, -0.25) is 0 Å². The summed E-state index contributed by atoms with van der Waals surface area (Å²) in [6.45, 7) is 9.59. The summed E-state index contributed by atoms with van der Waals surface area (Å²) < 4.78 is 5.51. The van der Waals surface area contributed by atoms with E-state index in [9.17, 15) is 0 Å². The zero-order chi connectivity index (χ0) is 14.4. The van der Waals surface area contributed by atoms with Crippen molar-refractivity contribution in [3.05, 3.63) is 18.2 Å². The number of anilines is 2. The zero-order valence-corrected chi connectivity index (χ0v) is 12.7. The topological polar surface area (TPSA) is 50.5 Å². The third-order valence-corrected chi connectivity index (χ3v) is 3.66. The van der Waals surface area contributed by atoms with E-state index in [0.717, 1.165) is 23.7 Å². The summed E-state index contributed by atoms with van der Waals surface area (Å²) in [6, 6.07) is 5.84. The normalized spacial score (nSPS) is 17.1. The quantitative estimate of drug-likeness (QED) is 0.753.